The normalized spacial score (nSPS) is 13.6. The smallest absolute Gasteiger partial charge is 0.257 e. The minimum atomic E-state index is 0.0756. The molecule has 0 saturated heterocycles. The molecule has 1 aromatic heterocycles. The van der Waals surface area contributed by atoms with Gasteiger partial charge in [-0.05, 0) is 43.5 Å². The van der Waals surface area contributed by atoms with Crippen molar-refractivity contribution in [1.82, 2.24) is 14.7 Å². The van der Waals surface area contributed by atoms with E-state index in [2.05, 4.69) is 23.3 Å². The third-order valence-corrected chi connectivity index (χ3v) is 4.92. The van der Waals surface area contributed by atoms with Crippen LogP contribution in [0.25, 0.3) is 5.69 Å². The lowest BCUT2D eigenvalue weighted by Gasteiger charge is -2.29. The first-order chi connectivity index (χ1) is 12.1. The highest BCUT2D eigenvalue weighted by atomic mass is 16.2. The molecule has 1 aliphatic heterocycles. The lowest BCUT2D eigenvalue weighted by Crippen LogP contribution is -2.36. The van der Waals surface area contributed by atoms with E-state index in [1.807, 2.05) is 59.8 Å². The maximum absolute atomic E-state index is 13.2. The van der Waals surface area contributed by atoms with Crippen LogP contribution < -0.4 is 0 Å². The molecule has 0 spiro atoms. The zero-order chi connectivity index (χ0) is 17.4. The van der Waals surface area contributed by atoms with Gasteiger partial charge in [0.25, 0.3) is 5.91 Å². The van der Waals surface area contributed by atoms with Crippen LogP contribution >= 0.6 is 0 Å². The van der Waals surface area contributed by atoms with E-state index >= 15 is 0 Å². The maximum atomic E-state index is 13.2. The van der Waals surface area contributed by atoms with Crippen molar-refractivity contribution in [2.45, 2.75) is 26.8 Å². The SMILES string of the molecule is Cc1nn(-c2ccccc2)c(C)c1C(=O)N1CCc2ccccc2C1. The van der Waals surface area contributed by atoms with E-state index in [0.29, 0.717) is 6.54 Å². The average molecular weight is 331 g/mol. The van der Waals surface area contributed by atoms with Gasteiger partial charge in [-0.1, -0.05) is 42.5 Å². The van der Waals surface area contributed by atoms with Gasteiger partial charge in [0.1, 0.15) is 0 Å². The molecule has 0 aliphatic carbocycles. The molecule has 4 heteroatoms. The number of hydrogen-bond donors (Lipinski definition) is 0. The summed E-state index contributed by atoms with van der Waals surface area (Å²) in [7, 11) is 0. The summed E-state index contributed by atoms with van der Waals surface area (Å²) < 4.78 is 1.86. The molecule has 0 unspecified atom stereocenters. The van der Waals surface area contributed by atoms with Gasteiger partial charge in [-0.25, -0.2) is 4.68 Å². The third-order valence-electron chi connectivity index (χ3n) is 4.92. The number of amides is 1. The second kappa shape index (κ2) is 6.20. The third kappa shape index (κ3) is 2.74. The van der Waals surface area contributed by atoms with Gasteiger partial charge < -0.3 is 4.90 Å². The van der Waals surface area contributed by atoms with Gasteiger partial charge in [0.2, 0.25) is 0 Å². The molecule has 0 saturated carbocycles. The number of para-hydroxylation sites is 1. The Morgan fingerprint density at radius 1 is 0.960 bits per heavy atom. The fourth-order valence-electron chi connectivity index (χ4n) is 3.60. The van der Waals surface area contributed by atoms with Crippen LogP contribution in [0, 0.1) is 13.8 Å². The zero-order valence-corrected chi connectivity index (χ0v) is 14.6. The number of hydrogen-bond acceptors (Lipinski definition) is 2. The highest BCUT2D eigenvalue weighted by Gasteiger charge is 2.26. The molecule has 0 bridgehead atoms. The Labute approximate surface area is 147 Å². The van der Waals surface area contributed by atoms with Crippen molar-refractivity contribution in [3.8, 4) is 5.69 Å². The lowest BCUT2D eigenvalue weighted by atomic mass is 9.99. The van der Waals surface area contributed by atoms with Crippen molar-refractivity contribution in [3.05, 3.63) is 82.7 Å². The molecule has 0 radical (unpaired) electrons. The van der Waals surface area contributed by atoms with Crippen molar-refractivity contribution in [3.63, 3.8) is 0 Å². The minimum Gasteiger partial charge on any atom is -0.334 e. The topological polar surface area (TPSA) is 38.1 Å². The summed E-state index contributed by atoms with van der Waals surface area (Å²) in [4.78, 5) is 15.1. The predicted molar refractivity (Wildman–Crippen MR) is 97.9 cm³/mol. The van der Waals surface area contributed by atoms with E-state index in [4.69, 9.17) is 0 Å². The molecule has 2 aromatic carbocycles. The zero-order valence-electron chi connectivity index (χ0n) is 14.6. The second-order valence-corrected chi connectivity index (χ2v) is 6.54. The summed E-state index contributed by atoms with van der Waals surface area (Å²) in [6.45, 7) is 5.31. The number of nitrogens with zero attached hydrogens (tertiary/aromatic N) is 3. The number of carbonyl (C=O) groups is 1. The summed E-state index contributed by atoms with van der Waals surface area (Å²) in [5.74, 6) is 0.0756. The van der Waals surface area contributed by atoms with E-state index in [-0.39, 0.29) is 5.91 Å². The first-order valence-electron chi connectivity index (χ1n) is 8.63. The van der Waals surface area contributed by atoms with Gasteiger partial charge in [0.15, 0.2) is 0 Å². The standard InChI is InChI=1S/C21H21N3O/c1-15-20(16(2)24(22-15)19-10-4-3-5-11-19)21(25)23-13-12-17-8-6-7-9-18(17)14-23/h3-11H,12-14H2,1-2H3. The Morgan fingerprint density at radius 2 is 1.64 bits per heavy atom. The largest absolute Gasteiger partial charge is 0.334 e. The lowest BCUT2D eigenvalue weighted by molar-refractivity contribution is 0.0733. The van der Waals surface area contributed by atoms with Crippen LogP contribution in [0.4, 0.5) is 0 Å². The second-order valence-electron chi connectivity index (χ2n) is 6.54. The number of benzene rings is 2. The summed E-state index contributed by atoms with van der Waals surface area (Å²) in [6, 6.07) is 18.3. The van der Waals surface area contributed by atoms with Crippen LogP contribution in [-0.4, -0.2) is 27.1 Å². The molecule has 3 aromatic rings. The summed E-state index contributed by atoms with van der Waals surface area (Å²) in [5.41, 5.74) is 5.97. The Balaban J connectivity index is 1.67. The molecule has 2 heterocycles. The van der Waals surface area contributed by atoms with E-state index in [0.717, 1.165) is 35.6 Å². The van der Waals surface area contributed by atoms with Gasteiger partial charge in [-0.2, -0.15) is 5.10 Å². The monoisotopic (exact) mass is 331 g/mol. The van der Waals surface area contributed by atoms with Crippen LogP contribution in [0.3, 0.4) is 0 Å². The summed E-state index contributed by atoms with van der Waals surface area (Å²) >= 11 is 0. The molecular weight excluding hydrogens is 310 g/mol. The Morgan fingerprint density at radius 3 is 2.40 bits per heavy atom. The highest BCUT2D eigenvalue weighted by molar-refractivity contribution is 5.96. The first-order valence-corrected chi connectivity index (χ1v) is 8.63. The van der Waals surface area contributed by atoms with Crippen molar-refractivity contribution in [2.75, 3.05) is 6.54 Å². The van der Waals surface area contributed by atoms with E-state index < -0.39 is 0 Å². The van der Waals surface area contributed by atoms with Crippen molar-refractivity contribution in [2.24, 2.45) is 0 Å². The molecule has 0 fully saturated rings. The van der Waals surface area contributed by atoms with Crippen LogP contribution in [-0.2, 0) is 13.0 Å². The molecular formula is C21H21N3O. The van der Waals surface area contributed by atoms with E-state index in [1.165, 1.54) is 11.1 Å². The number of carbonyl (C=O) groups excluding carboxylic acids is 1. The molecule has 4 nitrogen and oxygen atoms in total. The van der Waals surface area contributed by atoms with Gasteiger partial charge in [0.05, 0.1) is 22.6 Å². The Kier molecular flexibility index (Phi) is 3.88. The number of fused-ring (bicyclic) bond motifs is 1. The molecule has 1 amide bonds. The molecule has 1 aliphatic rings. The van der Waals surface area contributed by atoms with Crippen molar-refractivity contribution >= 4 is 5.91 Å². The predicted octanol–water partition coefficient (Wildman–Crippen LogP) is 3.69. The molecule has 25 heavy (non-hydrogen) atoms. The number of aromatic nitrogens is 2. The summed E-state index contributed by atoms with van der Waals surface area (Å²) in [6.07, 6.45) is 0.910. The first kappa shape index (κ1) is 15.6. The highest BCUT2D eigenvalue weighted by Crippen LogP contribution is 2.24. The van der Waals surface area contributed by atoms with Crippen LogP contribution in [0.1, 0.15) is 32.9 Å². The maximum Gasteiger partial charge on any atom is 0.257 e. The van der Waals surface area contributed by atoms with Crippen LogP contribution in [0.5, 0.6) is 0 Å². The van der Waals surface area contributed by atoms with Gasteiger partial charge in [-0.3, -0.25) is 4.79 Å². The van der Waals surface area contributed by atoms with E-state index in [1.54, 1.807) is 0 Å². The Hall–Kier alpha value is -2.88. The van der Waals surface area contributed by atoms with Crippen LogP contribution in [0.2, 0.25) is 0 Å². The quantitative estimate of drug-likeness (QED) is 0.718. The molecule has 4 rings (SSSR count). The van der Waals surface area contributed by atoms with Gasteiger partial charge >= 0.3 is 0 Å². The molecule has 126 valence electrons. The average Bonchev–Trinajstić information content (AvgIpc) is 2.95. The summed E-state index contributed by atoms with van der Waals surface area (Å²) in [5, 5.41) is 4.61. The number of aryl methyl sites for hydroxylation is 1. The molecule has 0 N–H and O–H groups in total. The Bertz CT molecular complexity index is 928. The van der Waals surface area contributed by atoms with Gasteiger partial charge in [-0.15, -0.1) is 0 Å². The van der Waals surface area contributed by atoms with Crippen LogP contribution in [0.15, 0.2) is 54.6 Å². The van der Waals surface area contributed by atoms with E-state index in [9.17, 15) is 4.79 Å². The fourth-order valence-corrected chi connectivity index (χ4v) is 3.60. The van der Waals surface area contributed by atoms with Crippen molar-refractivity contribution in [1.29, 1.82) is 0 Å². The minimum absolute atomic E-state index is 0.0756. The fraction of sp³-hybridized carbons (Fsp3) is 0.238. The number of rotatable bonds is 2. The van der Waals surface area contributed by atoms with Crippen molar-refractivity contribution < 1.29 is 4.79 Å². The van der Waals surface area contributed by atoms with Gasteiger partial charge in [0, 0.05) is 13.1 Å². The molecule has 0 atom stereocenters.